The smallest absolute Gasteiger partial charge is 0.226 e. The minimum atomic E-state index is -0.380. The van der Waals surface area contributed by atoms with Gasteiger partial charge in [0, 0.05) is 34.7 Å². The van der Waals surface area contributed by atoms with E-state index in [9.17, 15) is 9.18 Å². The second-order valence-corrected chi connectivity index (χ2v) is 7.13. The van der Waals surface area contributed by atoms with Crippen LogP contribution in [-0.4, -0.2) is 16.0 Å². The van der Waals surface area contributed by atoms with Crippen LogP contribution in [0.15, 0.2) is 28.8 Å². The summed E-state index contributed by atoms with van der Waals surface area (Å²) in [5, 5.41) is 7.16. The van der Waals surface area contributed by atoms with Crippen molar-refractivity contribution in [2.75, 3.05) is 0 Å². The first kappa shape index (κ1) is 16.6. The van der Waals surface area contributed by atoms with E-state index in [0.717, 1.165) is 24.2 Å². The molecule has 1 fully saturated rings. The molecule has 26 heavy (non-hydrogen) atoms. The van der Waals surface area contributed by atoms with Gasteiger partial charge in [-0.2, -0.15) is 0 Å². The van der Waals surface area contributed by atoms with Crippen LogP contribution in [0.1, 0.15) is 36.9 Å². The van der Waals surface area contributed by atoms with Gasteiger partial charge in [-0.15, -0.1) is 0 Å². The maximum atomic E-state index is 14.4. The number of rotatable bonds is 6. The van der Waals surface area contributed by atoms with Crippen molar-refractivity contribution in [2.45, 2.75) is 39.8 Å². The van der Waals surface area contributed by atoms with E-state index in [0.29, 0.717) is 29.0 Å². The second-order valence-electron chi connectivity index (χ2n) is 7.13. The van der Waals surface area contributed by atoms with Gasteiger partial charge in [-0.25, -0.2) is 4.39 Å². The van der Waals surface area contributed by atoms with E-state index in [1.165, 1.54) is 6.07 Å². The fourth-order valence-electron chi connectivity index (χ4n) is 2.85. The number of amides is 1. The number of aromatic nitrogens is 2. The summed E-state index contributed by atoms with van der Waals surface area (Å²) in [5.74, 6) is 0.635. The summed E-state index contributed by atoms with van der Waals surface area (Å²) < 4.78 is 25.0. The zero-order valence-electron chi connectivity index (χ0n) is 14.7. The third-order valence-electron chi connectivity index (χ3n) is 4.76. The Balaban J connectivity index is 1.46. The fourth-order valence-corrected chi connectivity index (χ4v) is 2.85. The third kappa shape index (κ3) is 3.29. The standard InChI is InChI=1S/C19H20FN3O3/c1-11-5-14(26-23-11)10-25-13-7-16(20)15-6-12(22-17(15)8-13)9-21-18(24)19(2)3-4-19/h5-8,22H,3-4,9-10H2,1-2H3,(H,21,24). The van der Waals surface area contributed by atoms with Crippen LogP contribution in [0.5, 0.6) is 5.75 Å². The highest BCUT2D eigenvalue weighted by molar-refractivity contribution is 5.85. The van der Waals surface area contributed by atoms with Crippen LogP contribution in [0.25, 0.3) is 10.9 Å². The van der Waals surface area contributed by atoms with Gasteiger partial charge in [0.05, 0.1) is 17.8 Å². The van der Waals surface area contributed by atoms with Crippen LogP contribution in [-0.2, 0) is 17.9 Å². The van der Waals surface area contributed by atoms with Gasteiger partial charge < -0.3 is 19.6 Å². The fraction of sp³-hybridized carbons (Fsp3) is 0.368. The molecule has 1 aliphatic carbocycles. The quantitative estimate of drug-likeness (QED) is 0.706. The number of hydrogen-bond acceptors (Lipinski definition) is 4. The zero-order valence-corrected chi connectivity index (χ0v) is 14.7. The minimum Gasteiger partial charge on any atom is -0.485 e. The molecule has 6 nitrogen and oxygen atoms in total. The lowest BCUT2D eigenvalue weighted by Gasteiger charge is -2.08. The minimum absolute atomic E-state index is 0.0444. The molecule has 0 bridgehead atoms. The summed E-state index contributed by atoms with van der Waals surface area (Å²) in [6, 6.07) is 6.55. The number of carbonyl (C=O) groups excluding carboxylic acids is 1. The van der Waals surface area contributed by atoms with Crippen molar-refractivity contribution in [1.29, 1.82) is 0 Å². The number of fused-ring (bicyclic) bond motifs is 1. The molecule has 1 amide bonds. The Kier molecular flexibility index (Phi) is 3.94. The lowest BCUT2D eigenvalue weighted by molar-refractivity contribution is -0.125. The Labute approximate surface area is 149 Å². The molecule has 0 saturated heterocycles. The maximum absolute atomic E-state index is 14.4. The number of aromatic amines is 1. The Morgan fingerprint density at radius 3 is 2.88 bits per heavy atom. The number of nitrogens with one attached hydrogen (secondary N) is 2. The molecule has 2 N–H and O–H groups in total. The van der Waals surface area contributed by atoms with Gasteiger partial charge in [0.1, 0.15) is 18.2 Å². The lowest BCUT2D eigenvalue weighted by atomic mass is 10.1. The molecule has 1 saturated carbocycles. The molecule has 0 spiro atoms. The van der Waals surface area contributed by atoms with Crippen LogP contribution in [0.3, 0.4) is 0 Å². The molecule has 4 rings (SSSR count). The van der Waals surface area contributed by atoms with E-state index in [4.69, 9.17) is 9.26 Å². The molecule has 3 aromatic rings. The summed E-state index contributed by atoms with van der Waals surface area (Å²) in [5.41, 5.74) is 1.91. The molecular formula is C19H20FN3O3. The van der Waals surface area contributed by atoms with Crippen molar-refractivity contribution in [3.8, 4) is 5.75 Å². The molecule has 2 aromatic heterocycles. The van der Waals surface area contributed by atoms with Crippen molar-refractivity contribution >= 4 is 16.8 Å². The Morgan fingerprint density at radius 2 is 2.19 bits per heavy atom. The van der Waals surface area contributed by atoms with Gasteiger partial charge in [-0.1, -0.05) is 12.1 Å². The maximum Gasteiger partial charge on any atom is 0.226 e. The van der Waals surface area contributed by atoms with Crippen molar-refractivity contribution in [3.63, 3.8) is 0 Å². The number of ether oxygens (including phenoxy) is 1. The molecule has 2 heterocycles. The summed E-state index contributed by atoms with van der Waals surface area (Å²) in [6.45, 7) is 4.29. The summed E-state index contributed by atoms with van der Waals surface area (Å²) in [6.07, 6.45) is 1.84. The molecule has 7 heteroatoms. The number of carbonyl (C=O) groups is 1. The van der Waals surface area contributed by atoms with Crippen LogP contribution >= 0.6 is 0 Å². The summed E-state index contributed by atoms with van der Waals surface area (Å²) in [4.78, 5) is 15.2. The molecule has 0 atom stereocenters. The predicted octanol–water partition coefficient (Wildman–Crippen LogP) is 3.60. The molecule has 1 aliphatic rings. The number of hydrogen-bond donors (Lipinski definition) is 2. The molecule has 0 aliphatic heterocycles. The van der Waals surface area contributed by atoms with E-state index >= 15 is 0 Å². The van der Waals surface area contributed by atoms with Gasteiger partial charge in [0.15, 0.2) is 5.76 Å². The van der Waals surface area contributed by atoms with E-state index in [1.807, 2.05) is 13.8 Å². The Bertz CT molecular complexity index is 972. The highest BCUT2D eigenvalue weighted by Gasteiger charge is 2.44. The average molecular weight is 357 g/mol. The lowest BCUT2D eigenvalue weighted by Crippen LogP contribution is -2.29. The highest BCUT2D eigenvalue weighted by atomic mass is 19.1. The number of benzene rings is 1. The van der Waals surface area contributed by atoms with Gasteiger partial charge in [0.2, 0.25) is 5.91 Å². The topological polar surface area (TPSA) is 80.1 Å². The van der Waals surface area contributed by atoms with Crippen LogP contribution in [0.2, 0.25) is 0 Å². The van der Waals surface area contributed by atoms with Crippen LogP contribution < -0.4 is 10.1 Å². The molecule has 0 unspecified atom stereocenters. The SMILES string of the molecule is Cc1cc(COc2cc(F)c3cc(CNC(=O)C4(C)CC4)[nH]c3c2)on1. The molecular weight excluding hydrogens is 337 g/mol. The Morgan fingerprint density at radius 1 is 1.38 bits per heavy atom. The van der Waals surface area contributed by atoms with Crippen molar-refractivity contribution in [2.24, 2.45) is 5.41 Å². The molecule has 0 radical (unpaired) electrons. The van der Waals surface area contributed by atoms with Crippen molar-refractivity contribution < 1.29 is 18.4 Å². The highest BCUT2D eigenvalue weighted by Crippen LogP contribution is 2.45. The van der Waals surface area contributed by atoms with E-state index in [-0.39, 0.29) is 23.7 Å². The normalized spacial score (nSPS) is 15.2. The van der Waals surface area contributed by atoms with Crippen molar-refractivity contribution in [1.82, 2.24) is 15.5 Å². The van der Waals surface area contributed by atoms with Crippen molar-refractivity contribution in [3.05, 3.63) is 47.2 Å². The number of aryl methyl sites for hydroxylation is 1. The van der Waals surface area contributed by atoms with Crippen LogP contribution in [0.4, 0.5) is 4.39 Å². The first-order valence-electron chi connectivity index (χ1n) is 8.57. The predicted molar refractivity (Wildman–Crippen MR) is 93.0 cm³/mol. The van der Waals surface area contributed by atoms with E-state index in [2.05, 4.69) is 15.5 Å². The van der Waals surface area contributed by atoms with Crippen LogP contribution in [0, 0.1) is 18.2 Å². The zero-order chi connectivity index (χ0) is 18.3. The number of halogens is 1. The first-order valence-corrected chi connectivity index (χ1v) is 8.57. The third-order valence-corrected chi connectivity index (χ3v) is 4.76. The monoisotopic (exact) mass is 357 g/mol. The Hall–Kier alpha value is -2.83. The van der Waals surface area contributed by atoms with Gasteiger partial charge in [-0.05, 0) is 25.8 Å². The summed E-state index contributed by atoms with van der Waals surface area (Å²) >= 11 is 0. The second kappa shape index (κ2) is 6.16. The van der Waals surface area contributed by atoms with E-state index in [1.54, 1.807) is 18.2 Å². The summed E-state index contributed by atoms with van der Waals surface area (Å²) in [7, 11) is 0. The van der Waals surface area contributed by atoms with Gasteiger partial charge >= 0.3 is 0 Å². The first-order chi connectivity index (χ1) is 12.4. The largest absolute Gasteiger partial charge is 0.485 e. The molecule has 136 valence electrons. The number of H-pyrrole nitrogens is 1. The number of nitrogens with zero attached hydrogens (tertiary/aromatic N) is 1. The molecule has 1 aromatic carbocycles. The van der Waals surface area contributed by atoms with Gasteiger partial charge in [0.25, 0.3) is 0 Å². The van der Waals surface area contributed by atoms with Gasteiger partial charge in [-0.3, -0.25) is 4.79 Å². The van der Waals surface area contributed by atoms with E-state index < -0.39 is 0 Å². The average Bonchev–Trinajstić information content (AvgIpc) is 3.04.